The molecule has 0 saturated carbocycles. The summed E-state index contributed by atoms with van der Waals surface area (Å²) in [6, 6.07) is 8.37. The van der Waals surface area contributed by atoms with E-state index in [1.807, 2.05) is 0 Å². The van der Waals surface area contributed by atoms with Crippen molar-refractivity contribution in [3.63, 3.8) is 0 Å². The molecule has 0 spiro atoms. The van der Waals surface area contributed by atoms with Crippen molar-refractivity contribution < 1.29 is 23.1 Å². The Morgan fingerprint density at radius 3 is 2.55 bits per heavy atom. The molecule has 3 N–H and O–H groups in total. The maximum atomic E-state index is 13.9. The number of para-hydroxylation sites is 2. The second-order valence-corrected chi connectivity index (χ2v) is 13.4. The fraction of sp³-hybridized carbons (Fsp3) is 0.448. The van der Waals surface area contributed by atoms with E-state index in [1.165, 1.54) is 11.3 Å². The summed E-state index contributed by atoms with van der Waals surface area (Å²) in [6.45, 7) is 12.9. The lowest BCUT2D eigenvalue weighted by molar-refractivity contribution is -0.138. The number of carbonyl (C=O) groups is 1. The first kappa shape index (κ1) is 28.2. The Morgan fingerprint density at radius 1 is 1.12 bits per heavy atom. The van der Waals surface area contributed by atoms with E-state index in [1.54, 1.807) is 43.0 Å². The number of nitrogens with one attached hydrogen (secondary N) is 2. The molecule has 2 aliphatic rings. The summed E-state index contributed by atoms with van der Waals surface area (Å²) in [7, 11) is 0. The van der Waals surface area contributed by atoms with E-state index in [0.717, 1.165) is 48.8 Å². The van der Waals surface area contributed by atoms with Crippen molar-refractivity contribution in [1.82, 2.24) is 9.88 Å². The molecular formula is C29H34F3N5O2S. The van der Waals surface area contributed by atoms with Crippen molar-refractivity contribution >= 4 is 39.6 Å². The smallest absolute Gasteiger partial charge is 0.416 e. The van der Waals surface area contributed by atoms with Crippen LogP contribution in [-0.2, 0) is 24.6 Å². The Kier molecular flexibility index (Phi) is 7.02. The van der Waals surface area contributed by atoms with Crippen LogP contribution < -0.4 is 15.5 Å². The number of phenols is 1. The highest BCUT2D eigenvalue weighted by molar-refractivity contribution is 7.15. The molecule has 0 radical (unpaired) electrons. The molecule has 40 heavy (non-hydrogen) atoms. The average Bonchev–Trinajstić information content (AvgIpc) is 3.35. The maximum Gasteiger partial charge on any atom is 0.416 e. The minimum atomic E-state index is -4.57. The maximum absolute atomic E-state index is 13.9. The number of urea groups is 1. The number of fused-ring (bicyclic) bond motifs is 2. The Balaban J connectivity index is 1.37. The van der Waals surface area contributed by atoms with Crippen molar-refractivity contribution in [3.8, 4) is 5.75 Å². The van der Waals surface area contributed by atoms with Crippen LogP contribution in [0.3, 0.4) is 0 Å². The van der Waals surface area contributed by atoms with E-state index >= 15 is 0 Å². The lowest BCUT2D eigenvalue weighted by atomic mass is 9.83. The van der Waals surface area contributed by atoms with Gasteiger partial charge in [0, 0.05) is 42.9 Å². The molecular weight excluding hydrogens is 539 g/mol. The van der Waals surface area contributed by atoms with Crippen LogP contribution in [-0.4, -0.2) is 40.7 Å². The predicted octanol–water partition coefficient (Wildman–Crippen LogP) is 7.35. The number of nitrogens with zero attached hydrogens (tertiary/aromatic N) is 3. The molecule has 11 heteroatoms. The molecule has 5 rings (SSSR count). The highest BCUT2D eigenvalue weighted by atomic mass is 32.1. The average molecular weight is 574 g/mol. The van der Waals surface area contributed by atoms with Crippen molar-refractivity contribution in [3.05, 3.63) is 58.1 Å². The molecule has 7 nitrogen and oxygen atoms in total. The summed E-state index contributed by atoms with van der Waals surface area (Å²) in [6.07, 6.45) is -3.75. The number of alkyl halides is 3. The molecule has 3 aromatic rings. The molecule has 0 atom stereocenters. The normalized spacial score (nSPS) is 16.9. The molecule has 0 unspecified atom stereocenters. The van der Waals surface area contributed by atoms with Crippen LogP contribution >= 0.6 is 11.3 Å². The summed E-state index contributed by atoms with van der Waals surface area (Å²) in [5, 5.41) is 16.9. The summed E-state index contributed by atoms with van der Waals surface area (Å²) in [5.41, 5.74) is 0.521. The van der Waals surface area contributed by atoms with E-state index < -0.39 is 23.2 Å². The molecule has 0 fully saturated rings. The predicted molar refractivity (Wildman–Crippen MR) is 153 cm³/mol. The second kappa shape index (κ2) is 9.95. The quantitative estimate of drug-likeness (QED) is 0.304. The molecule has 2 aliphatic heterocycles. The van der Waals surface area contributed by atoms with E-state index in [-0.39, 0.29) is 29.0 Å². The van der Waals surface area contributed by atoms with Crippen LogP contribution in [0, 0.1) is 5.41 Å². The number of carbonyl (C=O) groups excluding carboxylic acids is 1. The fourth-order valence-corrected chi connectivity index (χ4v) is 6.75. The van der Waals surface area contributed by atoms with Crippen molar-refractivity contribution in [2.75, 3.05) is 35.2 Å². The van der Waals surface area contributed by atoms with Gasteiger partial charge < -0.3 is 15.3 Å². The number of aromatic hydroxyl groups is 1. The zero-order valence-electron chi connectivity index (χ0n) is 23.2. The summed E-state index contributed by atoms with van der Waals surface area (Å²) >= 11 is 1.46. The number of benzene rings is 2. The molecule has 2 amide bonds. The van der Waals surface area contributed by atoms with Gasteiger partial charge in [0.1, 0.15) is 5.75 Å². The van der Waals surface area contributed by atoms with Gasteiger partial charge >= 0.3 is 12.2 Å². The van der Waals surface area contributed by atoms with Crippen LogP contribution in [0.4, 0.5) is 40.2 Å². The zero-order chi connectivity index (χ0) is 29.0. The molecule has 214 valence electrons. The molecule has 3 heterocycles. The molecule has 0 saturated heterocycles. The third kappa shape index (κ3) is 5.62. The number of rotatable bonds is 4. The van der Waals surface area contributed by atoms with Crippen molar-refractivity contribution in [1.29, 1.82) is 0 Å². The Bertz CT molecular complexity index is 1440. The topological polar surface area (TPSA) is 80.7 Å². The van der Waals surface area contributed by atoms with E-state index in [9.17, 15) is 23.1 Å². The molecule has 1 aromatic heterocycles. The first-order valence-electron chi connectivity index (χ1n) is 13.2. The van der Waals surface area contributed by atoms with E-state index in [2.05, 4.69) is 41.3 Å². The van der Waals surface area contributed by atoms with Gasteiger partial charge in [-0.25, -0.2) is 9.78 Å². The molecule has 0 bridgehead atoms. The highest BCUT2D eigenvalue weighted by Crippen LogP contribution is 2.54. The zero-order valence-corrected chi connectivity index (χ0v) is 24.1. The Labute approximate surface area is 236 Å². The standard InChI is InChI=1S/C29H34F3N5O2S/c1-27(2,3)15-36-13-12-19-22(14-36)40-26(34-19)35-25(39)33-18-8-6-7-9-20(18)37-16-28(4,5)23-17(29(30,31)32)10-11-21(38)24(23)37/h6-11,38H,12-16H2,1-5H3,(H2,33,34,35,39). The van der Waals surface area contributed by atoms with Gasteiger partial charge in [0.2, 0.25) is 0 Å². The van der Waals surface area contributed by atoms with E-state index in [4.69, 9.17) is 0 Å². The van der Waals surface area contributed by atoms with Crippen molar-refractivity contribution in [2.45, 2.75) is 59.2 Å². The van der Waals surface area contributed by atoms with Crippen LogP contribution in [0.5, 0.6) is 5.75 Å². The lowest BCUT2D eigenvalue weighted by Crippen LogP contribution is -2.36. The third-order valence-corrected chi connectivity index (χ3v) is 8.13. The molecule has 0 aliphatic carbocycles. The minimum absolute atomic E-state index is 0.0353. The number of hydrogen-bond donors (Lipinski definition) is 3. The first-order chi connectivity index (χ1) is 18.6. The summed E-state index contributed by atoms with van der Waals surface area (Å²) < 4.78 is 41.7. The minimum Gasteiger partial charge on any atom is -0.506 e. The van der Waals surface area contributed by atoms with Crippen LogP contribution in [0.2, 0.25) is 0 Å². The van der Waals surface area contributed by atoms with Gasteiger partial charge in [-0.15, -0.1) is 11.3 Å². The second-order valence-electron chi connectivity index (χ2n) is 12.3. The van der Waals surface area contributed by atoms with Gasteiger partial charge in [0.05, 0.1) is 28.3 Å². The molecule has 2 aromatic carbocycles. The van der Waals surface area contributed by atoms with E-state index in [0.29, 0.717) is 16.5 Å². The number of phenolic OH excluding ortho intramolecular Hbond substituents is 1. The number of hydrogen-bond acceptors (Lipinski definition) is 6. The number of halogens is 3. The fourth-order valence-electron chi connectivity index (χ4n) is 5.71. The summed E-state index contributed by atoms with van der Waals surface area (Å²) in [5.74, 6) is -0.248. The van der Waals surface area contributed by atoms with Gasteiger partial charge in [-0.05, 0) is 35.2 Å². The Hall–Kier alpha value is -3.31. The number of amides is 2. The van der Waals surface area contributed by atoms with Gasteiger partial charge in [-0.2, -0.15) is 13.2 Å². The monoisotopic (exact) mass is 573 g/mol. The lowest BCUT2D eigenvalue weighted by Gasteiger charge is -2.32. The van der Waals surface area contributed by atoms with Gasteiger partial charge in [-0.3, -0.25) is 10.2 Å². The first-order valence-corrected chi connectivity index (χ1v) is 14.0. The number of anilines is 4. The van der Waals surface area contributed by atoms with Gasteiger partial charge in [0.25, 0.3) is 0 Å². The highest BCUT2D eigenvalue weighted by Gasteiger charge is 2.46. The van der Waals surface area contributed by atoms with Crippen LogP contribution in [0.1, 0.15) is 56.3 Å². The Morgan fingerprint density at radius 2 is 1.85 bits per heavy atom. The SMILES string of the molecule is CC(C)(C)CN1CCc2nc(NC(=O)Nc3ccccc3N3CC(C)(C)c4c(C(F)(F)F)ccc(O)c43)sc2C1. The van der Waals surface area contributed by atoms with Gasteiger partial charge in [-0.1, -0.05) is 46.8 Å². The van der Waals surface area contributed by atoms with Crippen LogP contribution in [0.15, 0.2) is 36.4 Å². The van der Waals surface area contributed by atoms with Crippen molar-refractivity contribution in [2.24, 2.45) is 5.41 Å². The van der Waals surface area contributed by atoms with Gasteiger partial charge in [0.15, 0.2) is 5.13 Å². The number of thiazole rings is 1. The number of aromatic nitrogens is 1. The largest absolute Gasteiger partial charge is 0.506 e. The third-order valence-electron chi connectivity index (χ3n) is 7.13. The summed E-state index contributed by atoms with van der Waals surface area (Å²) in [4.78, 5) is 22.9. The van der Waals surface area contributed by atoms with Crippen LogP contribution in [0.25, 0.3) is 0 Å².